The Morgan fingerprint density at radius 2 is 2.29 bits per heavy atom. The molecule has 3 rings (SSSR count). The Balaban J connectivity index is 1.40. The normalized spacial score (nSPS) is 11.1. The van der Waals surface area contributed by atoms with Crippen LogP contribution in [0.15, 0.2) is 30.2 Å². The number of fused-ring (bicyclic) bond motifs is 1. The lowest BCUT2D eigenvalue weighted by atomic mass is 10.2. The van der Waals surface area contributed by atoms with Gasteiger partial charge in [-0.1, -0.05) is 0 Å². The van der Waals surface area contributed by atoms with E-state index in [9.17, 15) is 4.79 Å². The van der Waals surface area contributed by atoms with Crippen molar-refractivity contribution in [3.8, 4) is 0 Å². The van der Waals surface area contributed by atoms with Crippen LogP contribution in [0.5, 0.6) is 0 Å². The highest BCUT2D eigenvalue weighted by Gasteiger charge is 2.05. The maximum atomic E-state index is 11.8. The van der Waals surface area contributed by atoms with Crippen molar-refractivity contribution in [3.63, 3.8) is 0 Å². The van der Waals surface area contributed by atoms with Gasteiger partial charge in [-0.25, -0.2) is 4.98 Å². The van der Waals surface area contributed by atoms with Gasteiger partial charge in [0.25, 0.3) is 0 Å². The summed E-state index contributed by atoms with van der Waals surface area (Å²) in [5.74, 6) is 0.0693. The molecular formula is C14H17N5OS. The minimum atomic E-state index is 0.0693. The van der Waals surface area contributed by atoms with Crippen LogP contribution in [0.25, 0.3) is 4.96 Å². The summed E-state index contributed by atoms with van der Waals surface area (Å²) in [4.78, 5) is 17.3. The first-order valence-electron chi connectivity index (χ1n) is 6.86. The third-order valence-electron chi connectivity index (χ3n) is 3.25. The Morgan fingerprint density at radius 3 is 3.05 bits per heavy atom. The summed E-state index contributed by atoms with van der Waals surface area (Å²) < 4.78 is 3.75. The lowest BCUT2D eigenvalue weighted by Crippen LogP contribution is -2.25. The maximum absolute atomic E-state index is 11.8. The molecule has 0 fully saturated rings. The van der Waals surface area contributed by atoms with Gasteiger partial charge in [-0.3, -0.25) is 13.9 Å². The molecule has 7 heteroatoms. The zero-order chi connectivity index (χ0) is 14.7. The molecule has 3 aromatic rings. The molecule has 0 saturated carbocycles. The number of carbonyl (C=O) groups excluding carboxylic acids is 1. The Hall–Kier alpha value is -2.15. The predicted molar refractivity (Wildman–Crippen MR) is 81.3 cm³/mol. The van der Waals surface area contributed by atoms with Crippen molar-refractivity contribution in [2.75, 3.05) is 6.54 Å². The molecular weight excluding hydrogens is 286 g/mol. The molecule has 0 bridgehead atoms. The van der Waals surface area contributed by atoms with Crippen molar-refractivity contribution in [2.24, 2.45) is 7.05 Å². The summed E-state index contributed by atoms with van der Waals surface area (Å²) in [5.41, 5.74) is 2.09. The second kappa shape index (κ2) is 6.09. The van der Waals surface area contributed by atoms with Crippen molar-refractivity contribution < 1.29 is 4.79 Å². The van der Waals surface area contributed by atoms with E-state index in [-0.39, 0.29) is 5.91 Å². The van der Waals surface area contributed by atoms with Gasteiger partial charge in [0.1, 0.15) is 0 Å². The van der Waals surface area contributed by atoms with E-state index < -0.39 is 0 Å². The molecule has 0 aromatic carbocycles. The summed E-state index contributed by atoms with van der Waals surface area (Å²) in [6, 6.07) is 0. The van der Waals surface area contributed by atoms with E-state index in [0.29, 0.717) is 13.0 Å². The third-order valence-corrected chi connectivity index (χ3v) is 4.02. The van der Waals surface area contributed by atoms with Crippen molar-refractivity contribution >= 4 is 22.2 Å². The molecule has 1 N–H and O–H groups in total. The van der Waals surface area contributed by atoms with Gasteiger partial charge in [-0.15, -0.1) is 11.3 Å². The van der Waals surface area contributed by atoms with Crippen molar-refractivity contribution in [1.29, 1.82) is 0 Å². The number of aryl methyl sites for hydroxylation is 2. The minimum absolute atomic E-state index is 0.0693. The maximum Gasteiger partial charge on any atom is 0.220 e. The summed E-state index contributed by atoms with van der Waals surface area (Å²) in [6.45, 7) is 0.622. The molecule has 3 aromatic heterocycles. The number of rotatable bonds is 6. The molecule has 6 nitrogen and oxygen atoms in total. The zero-order valence-corrected chi connectivity index (χ0v) is 12.6. The fourth-order valence-corrected chi connectivity index (χ4v) is 2.89. The average molecular weight is 303 g/mol. The fourth-order valence-electron chi connectivity index (χ4n) is 2.17. The fraction of sp³-hybridized carbons (Fsp3) is 0.357. The Labute approximate surface area is 126 Å². The minimum Gasteiger partial charge on any atom is -0.356 e. The Morgan fingerprint density at radius 1 is 1.38 bits per heavy atom. The summed E-state index contributed by atoms with van der Waals surface area (Å²) in [6.07, 6.45) is 9.70. The van der Waals surface area contributed by atoms with Crippen LogP contribution in [0, 0.1) is 0 Å². The van der Waals surface area contributed by atoms with Gasteiger partial charge in [-0.05, 0) is 12.0 Å². The second-order valence-corrected chi connectivity index (χ2v) is 5.82. The number of amides is 1. The smallest absolute Gasteiger partial charge is 0.220 e. The SMILES string of the molecule is Cn1cc(CCC(=O)NCCc2cn3ccsc3n2)cn1. The largest absolute Gasteiger partial charge is 0.356 e. The van der Waals surface area contributed by atoms with Crippen LogP contribution < -0.4 is 5.32 Å². The van der Waals surface area contributed by atoms with Crippen LogP contribution in [0.3, 0.4) is 0 Å². The van der Waals surface area contributed by atoms with Crippen molar-refractivity contribution in [1.82, 2.24) is 24.5 Å². The first-order chi connectivity index (χ1) is 10.2. The van der Waals surface area contributed by atoms with E-state index in [1.165, 1.54) is 0 Å². The van der Waals surface area contributed by atoms with Gasteiger partial charge in [0.15, 0.2) is 4.96 Å². The zero-order valence-electron chi connectivity index (χ0n) is 11.8. The highest BCUT2D eigenvalue weighted by atomic mass is 32.1. The molecule has 0 spiro atoms. The second-order valence-electron chi connectivity index (χ2n) is 4.95. The predicted octanol–water partition coefficient (Wildman–Crippen LogP) is 1.42. The first-order valence-corrected chi connectivity index (χ1v) is 7.74. The van der Waals surface area contributed by atoms with Gasteiger partial charge in [0, 0.05) is 50.4 Å². The topological polar surface area (TPSA) is 64.2 Å². The Bertz CT molecular complexity index is 713. The number of carbonyl (C=O) groups is 1. The molecule has 0 atom stereocenters. The van der Waals surface area contributed by atoms with E-state index in [1.807, 2.05) is 35.4 Å². The van der Waals surface area contributed by atoms with E-state index in [2.05, 4.69) is 15.4 Å². The lowest BCUT2D eigenvalue weighted by molar-refractivity contribution is -0.121. The van der Waals surface area contributed by atoms with E-state index in [1.54, 1.807) is 22.2 Å². The number of imidazole rings is 1. The molecule has 0 aliphatic carbocycles. The van der Waals surface area contributed by atoms with E-state index in [4.69, 9.17) is 0 Å². The van der Waals surface area contributed by atoms with E-state index >= 15 is 0 Å². The molecule has 0 radical (unpaired) electrons. The average Bonchev–Trinajstić information content (AvgIpc) is 3.12. The molecule has 0 aliphatic heterocycles. The molecule has 3 heterocycles. The molecule has 21 heavy (non-hydrogen) atoms. The van der Waals surface area contributed by atoms with Crippen molar-refractivity contribution in [2.45, 2.75) is 19.3 Å². The van der Waals surface area contributed by atoms with Crippen LogP contribution in [-0.2, 0) is 24.7 Å². The molecule has 110 valence electrons. The summed E-state index contributed by atoms with van der Waals surface area (Å²) in [5, 5.41) is 9.03. The van der Waals surface area contributed by atoms with Gasteiger partial charge in [-0.2, -0.15) is 5.10 Å². The number of thiazole rings is 1. The standard InChI is InChI=1S/C14H17N5OS/c1-18-9-11(8-16-18)2-3-13(20)15-5-4-12-10-19-6-7-21-14(19)17-12/h6-10H,2-5H2,1H3,(H,15,20). The Kier molecular flexibility index (Phi) is 4.01. The van der Waals surface area contributed by atoms with Crippen LogP contribution in [-0.4, -0.2) is 31.6 Å². The quantitative estimate of drug-likeness (QED) is 0.749. The van der Waals surface area contributed by atoms with Gasteiger partial charge < -0.3 is 5.32 Å². The first kappa shape index (κ1) is 13.8. The molecule has 0 aliphatic rings. The molecule has 1 amide bonds. The molecule has 0 saturated heterocycles. The monoisotopic (exact) mass is 303 g/mol. The number of nitrogens with zero attached hydrogens (tertiary/aromatic N) is 4. The number of nitrogens with one attached hydrogen (secondary N) is 1. The number of hydrogen-bond donors (Lipinski definition) is 1. The van der Waals surface area contributed by atoms with Crippen LogP contribution in [0.2, 0.25) is 0 Å². The highest BCUT2D eigenvalue weighted by molar-refractivity contribution is 7.15. The van der Waals surface area contributed by atoms with Crippen LogP contribution >= 0.6 is 11.3 Å². The van der Waals surface area contributed by atoms with Gasteiger partial charge in [0.05, 0.1) is 11.9 Å². The highest BCUT2D eigenvalue weighted by Crippen LogP contribution is 2.11. The van der Waals surface area contributed by atoms with E-state index in [0.717, 1.165) is 29.1 Å². The molecule has 0 unspecified atom stereocenters. The number of hydrogen-bond acceptors (Lipinski definition) is 4. The lowest BCUT2D eigenvalue weighted by Gasteiger charge is -2.03. The van der Waals surface area contributed by atoms with Crippen LogP contribution in [0.4, 0.5) is 0 Å². The van der Waals surface area contributed by atoms with Crippen molar-refractivity contribution in [3.05, 3.63) is 41.4 Å². The van der Waals surface area contributed by atoms with Crippen LogP contribution in [0.1, 0.15) is 17.7 Å². The van der Waals surface area contributed by atoms with Gasteiger partial charge >= 0.3 is 0 Å². The third kappa shape index (κ3) is 3.49. The summed E-state index contributed by atoms with van der Waals surface area (Å²) in [7, 11) is 1.87. The number of aromatic nitrogens is 4. The summed E-state index contributed by atoms with van der Waals surface area (Å²) >= 11 is 1.61. The van der Waals surface area contributed by atoms with Gasteiger partial charge in [0.2, 0.25) is 5.91 Å².